The molecule has 0 amide bonds. The lowest BCUT2D eigenvalue weighted by Crippen LogP contribution is -1.91. The molecular weight excluding hydrogens is 167 g/mol. The van der Waals surface area contributed by atoms with E-state index in [1.54, 1.807) is 19.9 Å². The summed E-state index contributed by atoms with van der Waals surface area (Å²) >= 11 is 0. The molecule has 0 atom stereocenters. The van der Waals surface area contributed by atoms with Gasteiger partial charge in [-0.2, -0.15) is 5.26 Å². The highest BCUT2D eigenvalue weighted by Gasteiger charge is 2.05. The summed E-state index contributed by atoms with van der Waals surface area (Å²) in [5.74, 6) is -0.359. The van der Waals surface area contributed by atoms with Gasteiger partial charge in [0.15, 0.2) is 0 Å². The van der Waals surface area contributed by atoms with Gasteiger partial charge in [-0.05, 0) is 31.6 Å². The number of aromatic nitrogens is 1. The number of nitriles is 1. The van der Waals surface area contributed by atoms with E-state index in [1.807, 2.05) is 6.07 Å². The zero-order chi connectivity index (χ0) is 9.84. The maximum Gasteiger partial charge on any atom is 0.144 e. The van der Waals surface area contributed by atoms with Gasteiger partial charge in [0.2, 0.25) is 0 Å². The van der Waals surface area contributed by atoms with Crippen molar-refractivity contribution in [3.63, 3.8) is 0 Å². The van der Waals surface area contributed by atoms with Gasteiger partial charge in [0.1, 0.15) is 17.6 Å². The number of hydrogen-bond acceptors (Lipinski definition) is 2. The lowest BCUT2D eigenvalue weighted by atomic mass is 10.1. The highest BCUT2D eigenvalue weighted by atomic mass is 19.1. The molecule has 66 valence electrons. The van der Waals surface area contributed by atoms with Crippen LogP contribution in [0, 0.1) is 18.3 Å². The smallest absolute Gasteiger partial charge is 0.144 e. The largest absolute Gasteiger partial charge is 0.252 e. The van der Waals surface area contributed by atoms with Crippen LogP contribution in [0.25, 0.3) is 5.83 Å². The van der Waals surface area contributed by atoms with Gasteiger partial charge in [-0.3, -0.25) is 4.98 Å². The van der Waals surface area contributed by atoms with E-state index in [1.165, 1.54) is 12.3 Å². The number of hydrogen-bond donors (Lipinski definition) is 0. The minimum atomic E-state index is -0.359. The first-order valence-corrected chi connectivity index (χ1v) is 3.88. The van der Waals surface area contributed by atoms with Crippen LogP contribution in [0.1, 0.15) is 23.7 Å². The molecule has 2 nitrogen and oxygen atoms in total. The van der Waals surface area contributed by atoms with Crippen molar-refractivity contribution in [2.75, 3.05) is 0 Å². The zero-order valence-corrected chi connectivity index (χ0v) is 7.50. The molecule has 0 aliphatic heterocycles. The summed E-state index contributed by atoms with van der Waals surface area (Å²) in [6.45, 7) is 3.33. The normalized spacial score (nSPS) is 11.1. The van der Waals surface area contributed by atoms with Crippen molar-refractivity contribution in [1.82, 2.24) is 4.98 Å². The standard InChI is InChI=1S/C10H9FN2/c1-3-9(11)10-7(2)4-8(5-12)6-13-10/h3-4,6H,1-2H3/b9-3-. The molecule has 0 radical (unpaired) electrons. The Morgan fingerprint density at radius 2 is 2.38 bits per heavy atom. The molecule has 3 heteroatoms. The van der Waals surface area contributed by atoms with Gasteiger partial charge < -0.3 is 0 Å². The highest BCUT2D eigenvalue weighted by Crippen LogP contribution is 2.17. The molecule has 0 unspecified atom stereocenters. The zero-order valence-electron chi connectivity index (χ0n) is 7.50. The second kappa shape index (κ2) is 3.81. The molecule has 1 heterocycles. The third-order valence-electron chi connectivity index (χ3n) is 1.69. The van der Waals surface area contributed by atoms with E-state index in [0.29, 0.717) is 16.8 Å². The summed E-state index contributed by atoms with van der Waals surface area (Å²) in [5, 5.41) is 8.55. The Morgan fingerprint density at radius 3 is 2.85 bits per heavy atom. The van der Waals surface area contributed by atoms with E-state index in [-0.39, 0.29) is 5.83 Å². The summed E-state index contributed by atoms with van der Waals surface area (Å²) in [6.07, 6.45) is 2.72. The van der Waals surface area contributed by atoms with Crippen molar-refractivity contribution in [3.05, 3.63) is 35.2 Å². The number of rotatable bonds is 1. The monoisotopic (exact) mass is 176 g/mol. The van der Waals surface area contributed by atoms with E-state index in [4.69, 9.17) is 5.26 Å². The average molecular weight is 176 g/mol. The minimum Gasteiger partial charge on any atom is -0.252 e. The van der Waals surface area contributed by atoms with E-state index >= 15 is 0 Å². The van der Waals surface area contributed by atoms with Crippen molar-refractivity contribution in [2.45, 2.75) is 13.8 Å². The molecule has 13 heavy (non-hydrogen) atoms. The topological polar surface area (TPSA) is 36.7 Å². The van der Waals surface area contributed by atoms with Gasteiger partial charge in [0.25, 0.3) is 0 Å². The predicted octanol–water partition coefficient (Wildman–Crippen LogP) is 2.59. The minimum absolute atomic E-state index is 0.307. The van der Waals surface area contributed by atoms with Crippen LogP contribution in [-0.2, 0) is 0 Å². The molecule has 0 bridgehead atoms. The van der Waals surface area contributed by atoms with Gasteiger partial charge in [-0.1, -0.05) is 0 Å². The molecule has 0 N–H and O–H groups in total. The summed E-state index contributed by atoms with van der Waals surface area (Å²) in [4.78, 5) is 3.85. The molecule has 0 fully saturated rings. The molecule has 0 saturated carbocycles. The number of halogens is 1. The first-order valence-electron chi connectivity index (χ1n) is 3.88. The van der Waals surface area contributed by atoms with Crippen molar-refractivity contribution < 1.29 is 4.39 Å². The molecule has 0 aliphatic carbocycles. The number of pyridine rings is 1. The molecule has 0 saturated heterocycles. The van der Waals surface area contributed by atoms with Crippen LogP contribution < -0.4 is 0 Å². The highest BCUT2D eigenvalue weighted by molar-refractivity contribution is 5.58. The average Bonchev–Trinajstić information content (AvgIpc) is 2.16. The van der Waals surface area contributed by atoms with E-state index < -0.39 is 0 Å². The molecule has 1 aromatic heterocycles. The molecule has 1 aromatic rings. The Morgan fingerprint density at radius 1 is 1.69 bits per heavy atom. The molecule has 0 aliphatic rings. The van der Waals surface area contributed by atoms with E-state index in [2.05, 4.69) is 4.98 Å². The second-order valence-corrected chi connectivity index (χ2v) is 2.64. The fourth-order valence-electron chi connectivity index (χ4n) is 1.02. The Labute approximate surface area is 76.3 Å². The Kier molecular flexibility index (Phi) is 2.76. The molecule has 1 rings (SSSR count). The summed E-state index contributed by atoms with van der Waals surface area (Å²) in [7, 11) is 0. The number of allylic oxidation sites excluding steroid dienone is 1. The summed E-state index contributed by atoms with van der Waals surface area (Å²) in [6, 6.07) is 3.56. The molecular formula is C10H9FN2. The third-order valence-corrected chi connectivity index (χ3v) is 1.69. The van der Waals surface area contributed by atoms with Crippen molar-refractivity contribution in [2.24, 2.45) is 0 Å². The predicted molar refractivity (Wildman–Crippen MR) is 48.4 cm³/mol. The van der Waals surface area contributed by atoms with Gasteiger partial charge in [0, 0.05) is 6.20 Å². The van der Waals surface area contributed by atoms with Crippen molar-refractivity contribution in [1.29, 1.82) is 5.26 Å². The van der Waals surface area contributed by atoms with Crippen molar-refractivity contribution in [3.8, 4) is 6.07 Å². The van der Waals surface area contributed by atoms with Gasteiger partial charge >= 0.3 is 0 Å². The second-order valence-electron chi connectivity index (χ2n) is 2.64. The van der Waals surface area contributed by atoms with Crippen molar-refractivity contribution >= 4 is 5.83 Å². The summed E-state index contributed by atoms with van der Waals surface area (Å²) in [5.41, 5.74) is 1.43. The van der Waals surface area contributed by atoms with Gasteiger partial charge in [0.05, 0.1) is 5.56 Å². The SMILES string of the molecule is C/C=C(\F)c1ncc(C#N)cc1C. The lowest BCUT2D eigenvalue weighted by molar-refractivity contribution is 0.748. The fourth-order valence-corrected chi connectivity index (χ4v) is 1.02. The third kappa shape index (κ3) is 1.91. The Hall–Kier alpha value is -1.69. The van der Waals surface area contributed by atoms with Gasteiger partial charge in [-0.15, -0.1) is 0 Å². The quantitative estimate of drug-likeness (QED) is 0.659. The van der Waals surface area contributed by atoms with Crippen LogP contribution in [0.15, 0.2) is 18.3 Å². The fraction of sp³-hybridized carbons (Fsp3) is 0.200. The summed E-state index contributed by atoms with van der Waals surface area (Å²) < 4.78 is 13.1. The van der Waals surface area contributed by atoms with Crippen LogP contribution in [0.5, 0.6) is 0 Å². The Bertz CT molecular complexity index is 388. The maximum atomic E-state index is 13.1. The van der Waals surface area contributed by atoms with Gasteiger partial charge in [-0.25, -0.2) is 4.39 Å². The molecule has 0 spiro atoms. The maximum absolute atomic E-state index is 13.1. The van der Waals surface area contributed by atoms with Crippen LogP contribution in [0.3, 0.4) is 0 Å². The Balaban J connectivity index is 3.22. The first kappa shape index (κ1) is 9.40. The lowest BCUT2D eigenvalue weighted by Gasteiger charge is -2.00. The van der Waals surface area contributed by atoms with E-state index in [0.717, 1.165) is 0 Å². The number of aryl methyl sites for hydroxylation is 1. The van der Waals surface area contributed by atoms with Crippen LogP contribution >= 0.6 is 0 Å². The van der Waals surface area contributed by atoms with Crippen LogP contribution in [-0.4, -0.2) is 4.98 Å². The van der Waals surface area contributed by atoms with Crippen LogP contribution in [0.2, 0.25) is 0 Å². The number of nitrogens with zero attached hydrogens (tertiary/aromatic N) is 2. The first-order chi connectivity index (χ1) is 6.19. The van der Waals surface area contributed by atoms with Crippen LogP contribution in [0.4, 0.5) is 4.39 Å². The molecule has 0 aromatic carbocycles. The van der Waals surface area contributed by atoms with E-state index in [9.17, 15) is 4.39 Å².